The van der Waals surface area contributed by atoms with Crippen LogP contribution >= 0.6 is 0 Å². The van der Waals surface area contributed by atoms with E-state index in [2.05, 4.69) is 13.8 Å². The Morgan fingerprint density at radius 3 is 2.00 bits per heavy atom. The van der Waals surface area contributed by atoms with Crippen LogP contribution in [0.4, 0.5) is 0 Å². The maximum atomic E-state index is 11.2. The molecule has 0 radical (unpaired) electrons. The molecule has 11 heavy (non-hydrogen) atoms. The van der Waals surface area contributed by atoms with Gasteiger partial charge in [0.05, 0.1) is 11.5 Å². The summed E-state index contributed by atoms with van der Waals surface area (Å²) in [4.78, 5) is 0. The first-order chi connectivity index (χ1) is 4.92. The van der Waals surface area contributed by atoms with Crippen molar-refractivity contribution in [2.75, 3.05) is 11.5 Å². The van der Waals surface area contributed by atoms with Gasteiger partial charge in [-0.1, -0.05) is 20.8 Å². The van der Waals surface area contributed by atoms with E-state index in [0.29, 0.717) is 29.3 Å². The van der Waals surface area contributed by atoms with Crippen LogP contribution in [0.5, 0.6) is 0 Å². The number of hydrogen-bond donors (Lipinski definition) is 0. The van der Waals surface area contributed by atoms with Gasteiger partial charge in [0.2, 0.25) is 0 Å². The van der Waals surface area contributed by atoms with Crippen LogP contribution < -0.4 is 0 Å². The fourth-order valence-electron chi connectivity index (χ4n) is 1.90. The summed E-state index contributed by atoms with van der Waals surface area (Å²) in [6.45, 7) is 6.24. The summed E-state index contributed by atoms with van der Waals surface area (Å²) >= 11 is 0. The highest BCUT2D eigenvalue weighted by Gasteiger charge is 2.35. The van der Waals surface area contributed by atoms with E-state index in [0.717, 1.165) is 0 Å². The molecule has 0 aromatic carbocycles. The molecule has 0 aromatic rings. The first-order valence-electron chi connectivity index (χ1n) is 4.13. The second-order valence-corrected chi connectivity index (χ2v) is 6.12. The fraction of sp³-hybridized carbons (Fsp3) is 1.00. The summed E-state index contributed by atoms with van der Waals surface area (Å²) in [5.41, 5.74) is 0. The maximum Gasteiger partial charge on any atom is 0.150 e. The highest BCUT2D eigenvalue weighted by molar-refractivity contribution is 7.91. The van der Waals surface area contributed by atoms with Crippen molar-refractivity contribution >= 4 is 9.84 Å². The zero-order valence-corrected chi connectivity index (χ0v) is 8.19. The summed E-state index contributed by atoms with van der Waals surface area (Å²) in [6, 6.07) is 0. The van der Waals surface area contributed by atoms with Crippen molar-refractivity contribution in [3.63, 3.8) is 0 Å². The van der Waals surface area contributed by atoms with E-state index >= 15 is 0 Å². The average Bonchev–Trinajstić information content (AvgIpc) is 2.05. The van der Waals surface area contributed by atoms with E-state index < -0.39 is 9.84 Å². The minimum atomic E-state index is -2.69. The molecule has 0 aromatic heterocycles. The van der Waals surface area contributed by atoms with E-state index in [4.69, 9.17) is 0 Å². The Hall–Kier alpha value is -0.0500. The predicted molar refractivity (Wildman–Crippen MR) is 46.1 cm³/mol. The second-order valence-electron chi connectivity index (χ2n) is 3.96. The first-order valence-corrected chi connectivity index (χ1v) is 5.95. The van der Waals surface area contributed by atoms with Crippen LogP contribution in [0.3, 0.4) is 0 Å². The van der Waals surface area contributed by atoms with Crippen molar-refractivity contribution in [2.24, 2.45) is 17.8 Å². The molecule has 0 amide bonds. The SMILES string of the molecule is CC(C)[C@H]1CS(=O)(=O)C[C@@H]1C. The van der Waals surface area contributed by atoms with Gasteiger partial charge in [-0.15, -0.1) is 0 Å². The number of sulfone groups is 1. The molecule has 2 atom stereocenters. The molecule has 0 N–H and O–H groups in total. The topological polar surface area (TPSA) is 34.1 Å². The van der Waals surface area contributed by atoms with E-state index in [1.54, 1.807) is 0 Å². The average molecular weight is 176 g/mol. The second kappa shape index (κ2) is 2.77. The van der Waals surface area contributed by atoms with Gasteiger partial charge in [0.1, 0.15) is 0 Å². The Kier molecular flexibility index (Phi) is 2.28. The highest BCUT2D eigenvalue weighted by Crippen LogP contribution is 2.30. The monoisotopic (exact) mass is 176 g/mol. The third-order valence-corrected chi connectivity index (χ3v) is 4.48. The number of rotatable bonds is 1. The Bertz CT molecular complexity index is 228. The summed E-state index contributed by atoms with van der Waals surface area (Å²) < 4.78 is 22.3. The molecule has 0 aliphatic carbocycles. The minimum absolute atomic E-state index is 0.361. The molecule has 1 aliphatic rings. The molecular weight excluding hydrogens is 160 g/mol. The van der Waals surface area contributed by atoms with Gasteiger partial charge in [0.25, 0.3) is 0 Å². The van der Waals surface area contributed by atoms with Gasteiger partial charge < -0.3 is 0 Å². The molecule has 66 valence electrons. The molecule has 1 fully saturated rings. The number of hydrogen-bond acceptors (Lipinski definition) is 2. The molecular formula is C8H16O2S. The van der Waals surface area contributed by atoms with Crippen LogP contribution in [-0.4, -0.2) is 19.9 Å². The Balaban J connectivity index is 2.75. The van der Waals surface area contributed by atoms with E-state index in [1.165, 1.54) is 0 Å². The normalized spacial score (nSPS) is 36.4. The zero-order chi connectivity index (χ0) is 8.65. The smallest absolute Gasteiger partial charge is 0.150 e. The standard InChI is InChI=1S/C8H16O2S/c1-6(2)8-5-11(9,10)4-7(8)3/h6-8H,4-5H2,1-3H3/t7-,8+/m0/s1. The molecule has 0 bridgehead atoms. The largest absolute Gasteiger partial charge is 0.229 e. The summed E-state index contributed by atoms with van der Waals surface area (Å²) in [7, 11) is -2.69. The molecule has 0 saturated carbocycles. The Morgan fingerprint density at radius 1 is 1.27 bits per heavy atom. The van der Waals surface area contributed by atoms with Gasteiger partial charge in [0, 0.05) is 0 Å². The Morgan fingerprint density at radius 2 is 1.82 bits per heavy atom. The van der Waals surface area contributed by atoms with Crippen molar-refractivity contribution in [3.8, 4) is 0 Å². The van der Waals surface area contributed by atoms with Crippen molar-refractivity contribution in [1.29, 1.82) is 0 Å². The third kappa shape index (κ3) is 1.95. The molecule has 0 unspecified atom stereocenters. The van der Waals surface area contributed by atoms with Crippen molar-refractivity contribution < 1.29 is 8.42 Å². The summed E-state index contributed by atoms with van der Waals surface area (Å²) in [5, 5.41) is 0. The van der Waals surface area contributed by atoms with Gasteiger partial charge in [0.15, 0.2) is 9.84 Å². The summed E-state index contributed by atoms with van der Waals surface area (Å²) in [5.74, 6) is 2.06. The van der Waals surface area contributed by atoms with Gasteiger partial charge in [-0.05, 0) is 17.8 Å². The fourth-order valence-corrected chi connectivity index (χ4v) is 4.38. The lowest BCUT2D eigenvalue weighted by Gasteiger charge is -2.16. The predicted octanol–water partition coefficient (Wildman–Crippen LogP) is 1.32. The molecule has 2 nitrogen and oxygen atoms in total. The zero-order valence-electron chi connectivity index (χ0n) is 7.37. The van der Waals surface area contributed by atoms with Crippen LogP contribution in [0.15, 0.2) is 0 Å². The van der Waals surface area contributed by atoms with E-state index in [-0.39, 0.29) is 0 Å². The first kappa shape index (κ1) is 9.04. The molecule has 1 heterocycles. The van der Waals surface area contributed by atoms with E-state index in [9.17, 15) is 8.42 Å². The van der Waals surface area contributed by atoms with Crippen LogP contribution in [-0.2, 0) is 9.84 Å². The minimum Gasteiger partial charge on any atom is -0.229 e. The lowest BCUT2D eigenvalue weighted by Crippen LogP contribution is -2.15. The lowest BCUT2D eigenvalue weighted by atomic mass is 9.88. The van der Waals surface area contributed by atoms with Crippen LogP contribution in [0.2, 0.25) is 0 Å². The molecule has 1 saturated heterocycles. The van der Waals surface area contributed by atoms with Gasteiger partial charge >= 0.3 is 0 Å². The van der Waals surface area contributed by atoms with Crippen LogP contribution in [0.25, 0.3) is 0 Å². The van der Waals surface area contributed by atoms with Crippen molar-refractivity contribution in [2.45, 2.75) is 20.8 Å². The molecule has 3 heteroatoms. The van der Waals surface area contributed by atoms with Crippen LogP contribution in [0, 0.1) is 17.8 Å². The lowest BCUT2D eigenvalue weighted by molar-refractivity contribution is 0.341. The Labute approximate surface area is 68.9 Å². The van der Waals surface area contributed by atoms with Crippen LogP contribution in [0.1, 0.15) is 20.8 Å². The summed E-state index contributed by atoms with van der Waals surface area (Å²) in [6.07, 6.45) is 0. The third-order valence-electron chi connectivity index (χ3n) is 2.55. The molecule has 0 spiro atoms. The molecule has 1 rings (SSSR count). The van der Waals surface area contributed by atoms with E-state index in [1.807, 2.05) is 6.92 Å². The van der Waals surface area contributed by atoms with Gasteiger partial charge in [-0.2, -0.15) is 0 Å². The van der Waals surface area contributed by atoms with Crippen molar-refractivity contribution in [3.05, 3.63) is 0 Å². The molecule has 1 aliphatic heterocycles. The van der Waals surface area contributed by atoms with Gasteiger partial charge in [-0.25, -0.2) is 8.42 Å². The highest BCUT2D eigenvalue weighted by atomic mass is 32.2. The van der Waals surface area contributed by atoms with Crippen molar-refractivity contribution in [1.82, 2.24) is 0 Å². The maximum absolute atomic E-state index is 11.2. The van der Waals surface area contributed by atoms with Gasteiger partial charge in [-0.3, -0.25) is 0 Å². The quantitative estimate of drug-likeness (QED) is 0.604.